The molecule has 0 saturated carbocycles. The quantitative estimate of drug-likeness (QED) is 0.508. The number of carbonyl (C=O) groups excluding carboxylic acids is 1. The van der Waals surface area contributed by atoms with E-state index in [2.05, 4.69) is 5.32 Å². The number of carbonyl (C=O) groups is 1. The molecule has 0 heterocycles. The maximum atomic E-state index is 11.4. The van der Waals surface area contributed by atoms with E-state index in [1.165, 1.54) is 6.07 Å². The highest BCUT2D eigenvalue weighted by Gasteiger charge is 2.12. The van der Waals surface area contributed by atoms with Gasteiger partial charge in [0.05, 0.1) is 22.4 Å². The summed E-state index contributed by atoms with van der Waals surface area (Å²) < 4.78 is 5.45. The number of anilines is 2. The van der Waals surface area contributed by atoms with Crippen LogP contribution in [0.1, 0.15) is 37.0 Å². The fourth-order valence-electron chi connectivity index (χ4n) is 1.76. The Morgan fingerprint density at radius 1 is 1.40 bits per heavy atom. The molecule has 1 rings (SSSR count). The van der Waals surface area contributed by atoms with Crippen LogP contribution in [0.2, 0.25) is 5.02 Å². The van der Waals surface area contributed by atoms with E-state index in [1.54, 1.807) is 6.07 Å². The van der Waals surface area contributed by atoms with E-state index in [0.29, 0.717) is 28.5 Å². The van der Waals surface area contributed by atoms with Crippen LogP contribution in [-0.4, -0.2) is 25.2 Å². The molecular weight excluding hydrogens is 278 g/mol. The van der Waals surface area contributed by atoms with Gasteiger partial charge in [-0.25, -0.2) is 0 Å². The number of primary amides is 1. The molecule has 0 aliphatic rings. The van der Waals surface area contributed by atoms with Gasteiger partial charge in [0.1, 0.15) is 0 Å². The topological polar surface area (TPSA) is 90.4 Å². The molecule has 0 fully saturated rings. The highest BCUT2D eigenvalue weighted by Crippen LogP contribution is 2.29. The molecule has 0 aliphatic carbocycles. The number of hydrogen-bond acceptors (Lipinski definition) is 4. The third-order valence-corrected chi connectivity index (χ3v) is 3.00. The smallest absolute Gasteiger partial charge is 0.250 e. The Kier molecular flexibility index (Phi) is 6.61. The summed E-state index contributed by atoms with van der Waals surface area (Å²) in [6, 6.07) is 3.12. The van der Waals surface area contributed by atoms with Gasteiger partial charge in [0.2, 0.25) is 0 Å². The largest absolute Gasteiger partial charge is 0.399 e. The monoisotopic (exact) mass is 299 g/mol. The molecule has 1 aromatic rings. The van der Waals surface area contributed by atoms with Crippen molar-refractivity contribution < 1.29 is 9.53 Å². The SMILES string of the molecule is CC(C)OCCCCNc1c(Cl)cc(N)cc1C(N)=O. The van der Waals surface area contributed by atoms with E-state index < -0.39 is 5.91 Å². The average Bonchev–Trinajstić information content (AvgIpc) is 2.34. The molecule has 112 valence electrons. The molecule has 0 aliphatic heterocycles. The second-order valence-corrected chi connectivity index (χ2v) is 5.25. The number of ether oxygens (including phenoxy) is 1. The minimum atomic E-state index is -0.551. The van der Waals surface area contributed by atoms with Crippen LogP contribution >= 0.6 is 11.6 Å². The number of rotatable bonds is 8. The van der Waals surface area contributed by atoms with E-state index in [9.17, 15) is 4.79 Å². The summed E-state index contributed by atoms with van der Waals surface area (Å²) in [5.74, 6) is -0.551. The zero-order chi connectivity index (χ0) is 15.1. The maximum Gasteiger partial charge on any atom is 0.250 e. The van der Waals surface area contributed by atoms with Gasteiger partial charge in [0.15, 0.2) is 0 Å². The van der Waals surface area contributed by atoms with Crippen molar-refractivity contribution in [1.29, 1.82) is 0 Å². The van der Waals surface area contributed by atoms with Crippen LogP contribution in [0.15, 0.2) is 12.1 Å². The van der Waals surface area contributed by atoms with Crippen LogP contribution in [0.4, 0.5) is 11.4 Å². The molecule has 0 unspecified atom stereocenters. The molecule has 0 bridgehead atoms. The van der Waals surface area contributed by atoms with E-state index in [1.807, 2.05) is 13.8 Å². The van der Waals surface area contributed by atoms with Gasteiger partial charge >= 0.3 is 0 Å². The van der Waals surface area contributed by atoms with Crippen LogP contribution in [0.3, 0.4) is 0 Å². The molecule has 6 heteroatoms. The molecule has 0 aromatic heterocycles. The van der Waals surface area contributed by atoms with Gasteiger partial charge in [-0.2, -0.15) is 0 Å². The number of nitrogen functional groups attached to an aromatic ring is 1. The van der Waals surface area contributed by atoms with Crippen LogP contribution in [0.25, 0.3) is 0 Å². The predicted molar refractivity (Wildman–Crippen MR) is 83.2 cm³/mol. The number of hydrogen-bond donors (Lipinski definition) is 3. The van der Waals surface area contributed by atoms with Crippen LogP contribution in [0.5, 0.6) is 0 Å². The Morgan fingerprint density at radius 3 is 2.70 bits per heavy atom. The first kappa shape index (κ1) is 16.6. The molecule has 0 spiro atoms. The molecule has 1 amide bonds. The Bertz CT molecular complexity index is 464. The van der Waals surface area contributed by atoms with E-state index in [0.717, 1.165) is 19.4 Å². The zero-order valence-electron chi connectivity index (χ0n) is 11.9. The molecule has 1 aromatic carbocycles. The second kappa shape index (κ2) is 7.97. The third-order valence-electron chi connectivity index (χ3n) is 2.70. The number of nitrogens with two attached hydrogens (primary N) is 2. The van der Waals surface area contributed by atoms with Crippen molar-refractivity contribution >= 4 is 28.9 Å². The van der Waals surface area contributed by atoms with Crippen molar-refractivity contribution in [3.05, 3.63) is 22.7 Å². The summed E-state index contributed by atoms with van der Waals surface area (Å²) in [6.45, 7) is 5.42. The molecule has 0 radical (unpaired) electrons. The molecule has 20 heavy (non-hydrogen) atoms. The summed E-state index contributed by atoms with van der Waals surface area (Å²) >= 11 is 6.09. The van der Waals surface area contributed by atoms with Crippen molar-refractivity contribution in [2.24, 2.45) is 5.73 Å². The van der Waals surface area contributed by atoms with Crippen molar-refractivity contribution in [1.82, 2.24) is 0 Å². The Labute approximate surface area is 124 Å². The summed E-state index contributed by atoms with van der Waals surface area (Å²) in [7, 11) is 0. The van der Waals surface area contributed by atoms with E-state index in [-0.39, 0.29) is 6.10 Å². The summed E-state index contributed by atoms with van der Waals surface area (Å²) in [6.07, 6.45) is 2.09. The van der Waals surface area contributed by atoms with Gasteiger partial charge < -0.3 is 21.5 Å². The zero-order valence-corrected chi connectivity index (χ0v) is 12.7. The first-order valence-electron chi connectivity index (χ1n) is 6.66. The number of amides is 1. The van der Waals surface area contributed by atoms with Crippen LogP contribution in [-0.2, 0) is 4.74 Å². The number of halogens is 1. The van der Waals surface area contributed by atoms with Crippen molar-refractivity contribution in [2.45, 2.75) is 32.8 Å². The Balaban J connectivity index is 2.53. The highest BCUT2D eigenvalue weighted by atomic mass is 35.5. The van der Waals surface area contributed by atoms with Crippen LogP contribution in [0, 0.1) is 0 Å². The Morgan fingerprint density at radius 2 is 2.10 bits per heavy atom. The average molecular weight is 300 g/mol. The van der Waals surface area contributed by atoms with E-state index in [4.69, 9.17) is 27.8 Å². The van der Waals surface area contributed by atoms with Crippen molar-refractivity contribution in [2.75, 3.05) is 24.2 Å². The molecule has 0 saturated heterocycles. The van der Waals surface area contributed by atoms with Crippen LogP contribution < -0.4 is 16.8 Å². The standard InChI is InChI=1S/C14H22ClN3O2/c1-9(2)20-6-4-3-5-18-13-11(14(17)19)7-10(16)8-12(13)15/h7-9,18H,3-6,16H2,1-2H3,(H2,17,19). The number of unbranched alkanes of at least 4 members (excludes halogenated alkanes) is 1. The molecule has 5 N–H and O–H groups in total. The van der Waals surface area contributed by atoms with Gasteiger partial charge in [-0.15, -0.1) is 0 Å². The van der Waals surface area contributed by atoms with E-state index >= 15 is 0 Å². The lowest BCUT2D eigenvalue weighted by Crippen LogP contribution is -2.16. The van der Waals surface area contributed by atoms with Gasteiger partial charge in [0.25, 0.3) is 5.91 Å². The molecule has 0 atom stereocenters. The Hall–Kier alpha value is -1.46. The van der Waals surface area contributed by atoms with Gasteiger partial charge in [-0.05, 0) is 38.8 Å². The lowest BCUT2D eigenvalue weighted by atomic mass is 10.1. The number of nitrogens with one attached hydrogen (secondary N) is 1. The fourth-order valence-corrected chi connectivity index (χ4v) is 2.06. The van der Waals surface area contributed by atoms with Gasteiger partial charge in [-0.1, -0.05) is 11.6 Å². The lowest BCUT2D eigenvalue weighted by Gasteiger charge is -2.13. The minimum absolute atomic E-state index is 0.246. The summed E-state index contributed by atoms with van der Waals surface area (Å²) in [5.41, 5.74) is 12.2. The first-order valence-corrected chi connectivity index (χ1v) is 7.04. The molecular formula is C14H22ClN3O2. The molecule has 5 nitrogen and oxygen atoms in total. The highest BCUT2D eigenvalue weighted by molar-refractivity contribution is 6.34. The maximum absolute atomic E-state index is 11.4. The minimum Gasteiger partial charge on any atom is -0.399 e. The first-order chi connectivity index (χ1) is 9.41. The predicted octanol–water partition coefficient (Wildman–Crippen LogP) is 2.64. The lowest BCUT2D eigenvalue weighted by molar-refractivity contribution is 0.0765. The van der Waals surface area contributed by atoms with Crippen molar-refractivity contribution in [3.8, 4) is 0 Å². The van der Waals surface area contributed by atoms with Gasteiger partial charge in [0, 0.05) is 18.8 Å². The number of benzene rings is 1. The van der Waals surface area contributed by atoms with Crippen molar-refractivity contribution in [3.63, 3.8) is 0 Å². The fraction of sp³-hybridized carbons (Fsp3) is 0.500. The third kappa shape index (κ3) is 5.27. The summed E-state index contributed by atoms with van der Waals surface area (Å²) in [4.78, 5) is 11.4. The summed E-state index contributed by atoms with van der Waals surface area (Å²) in [5, 5.41) is 3.53. The second-order valence-electron chi connectivity index (χ2n) is 4.84. The van der Waals surface area contributed by atoms with Gasteiger partial charge in [-0.3, -0.25) is 4.79 Å². The normalized spacial score (nSPS) is 10.8.